The summed E-state index contributed by atoms with van der Waals surface area (Å²) in [5.41, 5.74) is 1.73. The predicted molar refractivity (Wildman–Crippen MR) is 97.2 cm³/mol. The highest BCUT2D eigenvalue weighted by molar-refractivity contribution is 5.92. The van der Waals surface area contributed by atoms with E-state index in [0.717, 1.165) is 42.5 Å². The molecule has 0 spiro atoms. The van der Waals surface area contributed by atoms with E-state index in [1.54, 1.807) is 0 Å². The third-order valence-corrected chi connectivity index (χ3v) is 5.30. The third kappa shape index (κ3) is 3.17. The number of para-hydroxylation sites is 1. The molecule has 1 atom stereocenters. The van der Waals surface area contributed by atoms with Crippen LogP contribution in [0.3, 0.4) is 0 Å². The molecule has 5 heteroatoms. The average molecular weight is 337 g/mol. The van der Waals surface area contributed by atoms with Crippen molar-refractivity contribution >= 4 is 22.6 Å². The molecule has 0 aliphatic carbocycles. The second kappa shape index (κ2) is 6.72. The lowest BCUT2D eigenvalue weighted by molar-refractivity contribution is -0.154. The van der Waals surface area contributed by atoms with Crippen LogP contribution in [-0.4, -0.2) is 31.2 Å². The minimum Gasteiger partial charge on any atom is -0.469 e. The maximum Gasteiger partial charge on any atom is 0.311 e. The van der Waals surface area contributed by atoms with Crippen LogP contribution in [0.5, 0.6) is 0 Å². The standard InChI is InChI=1S/C20H23N3O2/c1-20(2,19(24)25-3)14-7-6-10-23(13-14)18-11-15(12-21)22-17-9-5-4-8-16(17)18/h4-5,8-9,11,14H,6-7,10,13H2,1-3H3. The summed E-state index contributed by atoms with van der Waals surface area (Å²) < 4.78 is 5.01. The summed E-state index contributed by atoms with van der Waals surface area (Å²) in [4.78, 5) is 18.9. The molecule has 1 unspecified atom stereocenters. The van der Waals surface area contributed by atoms with Gasteiger partial charge < -0.3 is 9.64 Å². The average Bonchev–Trinajstić information content (AvgIpc) is 2.66. The fourth-order valence-corrected chi connectivity index (χ4v) is 3.69. The predicted octanol–water partition coefficient (Wildman–Crippen LogP) is 3.52. The van der Waals surface area contributed by atoms with Gasteiger partial charge in [-0.2, -0.15) is 5.26 Å². The van der Waals surface area contributed by atoms with E-state index in [9.17, 15) is 10.1 Å². The van der Waals surface area contributed by atoms with Gasteiger partial charge in [0.1, 0.15) is 11.8 Å². The second-order valence-corrected chi connectivity index (χ2v) is 7.15. The van der Waals surface area contributed by atoms with Gasteiger partial charge in [0.2, 0.25) is 0 Å². The number of anilines is 1. The Labute approximate surface area is 148 Å². The zero-order chi connectivity index (χ0) is 18.0. The first kappa shape index (κ1) is 17.2. The number of aromatic nitrogens is 1. The van der Waals surface area contributed by atoms with Crippen molar-refractivity contribution in [3.8, 4) is 6.07 Å². The molecule has 1 fully saturated rings. The van der Waals surface area contributed by atoms with Crippen LogP contribution >= 0.6 is 0 Å². The van der Waals surface area contributed by atoms with Crippen LogP contribution in [0.15, 0.2) is 30.3 Å². The Kier molecular flexibility index (Phi) is 4.63. The van der Waals surface area contributed by atoms with E-state index in [0.29, 0.717) is 5.69 Å². The van der Waals surface area contributed by atoms with Gasteiger partial charge in [-0.15, -0.1) is 0 Å². The van der Waals surface area contributed by atoms with E-state index in [2.05, 4.69) is 16.0 Å². The minimum absolute atomic E-state index is 0.170. The van der Waals surface area contributed by atoms with Crippen LogP contribution in [-0.2, 0) is 9.53 Å². The van der Waals surface area contributed by atoms with Crippen molar-refractivity contribution in [1.82, 2.24) is 4.98 Å². The Morgan fingerprint density at radius 1 is 1.40 bits per heavy atom. The molecule has 5 nitrogen and oxygen atoms in total. The van der Waals surface area contributed by atoms with E-state index in [1.807, 2.05) is 44.2 Å². The lowest BCUT2D eigenvalue weighted by Gasteiger charge is -2.41. The molecule has 2 heterocycles. The maximum absolute atomic E-state index is 12.2. The smallest absolute Gasteiger partial charge is 0.311 e. The number of nitriles is 1. The van der Waals surface area contributed by atoms with Crippen molar-refractivity contribution in [2.24, 2.45) is 11.3 Å². The molecule has 1 aliphatic rings. The summed E-state index contributed by atoms with van der Waals surface area (Å²) in [6.07, 6.45) is 2.00. The lowest BCUT2D eigenvalue weighted by atomic mass is 9.74. The van der Waals surface area contributed by atoms with Crippen LogP contribution < -0.4 is 4.90 Å². The summed E-state index contributed by atoms with van der Waals surface area (Å²) in [6.45, 7) is 5.59. The summed E-state index contributed by atoms with van der Waals surface area (Å²) in [5.74, 6) is 0.0304. The normalized spacial score (nSPS) is 18.0. The molecule has 1 aromatic carbocycles. The molecule has 1 aliphatic heterocycles. The molecule has 2 aromatic rings. The fourth-order valence-electron chi connectivity index (χ4n) is 3.69. The Hall–Kier alpha value is -2.61. The van der Waals surface area contributed by atoms with Crippen LogP contribution in [0.1, 0.15) is 32.4 Å². The van der Waals surface area contributed by atoms with Gasteiger partial charge in [-0.1, -0.05) is 18.2 Å². The summed E-state index contributed by atoms with van der Waals surface area (Å²) >= 11 is 0. The van der Waals surface area contributed by atoms with Crippen molar-refractivity contribution in [2.45, 2.75) is 26.7 Å². The first-order chi connectivity index (χ1) is 12.0. The summed E-state index contributed by atoms with van der Waals surface area (Å²) in [7, 11) is 1.44. The molecule has 0 amide bonds. The molecule has 0 bridgehead atoms. The summed E-state index contributed by atoms with van der Waals surface area (Å²) in [5, 5.41) is 10.4. The van der Waals surface area contributed by atoms with Gasteiger partial charge in [0.15, 0.2) is 0 Å². The number of rotatable bonds is 3. The number of piperidine rings is 1. The van der Waals surface area contributed by atoms with Gasteiger partial charge in [0.05, 0.1) is 18.0 Å². The van der Waals surface area contributed by atoms with E-state index in [-0.39, 0.29) is 11.9 Å². The molecule has 1 aromatic heterocycles. The number of hydrogen-bond donors (Lipinski definition) is 0. The first-order valence-corrected chi connectivity index (χ1v) is 8.60. The Bertz CT molecular complexity index is 838. The van der Waals surface area contributed by atoms with Gasteiger partial charge in [-0.05, 0) is 44.7 Å². The number of nitrogens with zero attached hydrogens (tertiary/aromatic N) is 3. The molecular weight excluding hydrogens is 314 g/mol. The molecule has 0 saturated carbocycles. The van der Waals surface area contributed by atoms with Crippen molar-refractivity contribution in [2.75, 3.05) is 25.1 Å². The number of carbonyl (C=O) groups is 1. The highest BCUT2D eigenvalue weighted by atomic mass is 16.5. The molecule has 3 rings (SSSR count). The van der Waals surface area contributed by atoms with E-state index >= 15 is 0 Å². The van der Waals surface area contributed by atoms with Crippen molar-refractivity contribution < 1.29 is 9.53 Å². The van der Waals surface area contributed by atoms with Gasteiger partial charge in [-0.3, -0.25) is 4.79 Å². The second-order valence-electron chi connectivity index (χ2n) is 7.15. The number of pyridine rings is 1. The van der Waals surface area contributed by atoms with Crippen LogP contribution in [0.4, 0.5) is 5.69 Å². The Morgan fingerprint density at radius 2 is 2.16 bits per heavy atom. The van der Waals surface area contributed by atoms with Crippen LogP contribution in [0.2, 0.25) is 0 Å². The van der Waals surface area contributed by atoms with Gasteiger partial charge in [-0.25, -0.2) is 4.98 Å². The molecule has 1 saturated heterocycles. The quantitative estimate of drug-likeness (QED) is 0.802. The van der Waals surface area contributed by atoms with Crippen LogP contribution in [0.25, 0.3) is 10.9 Å². The van der Waals surface area contributed by atoms with E-state index in [4.69, 9.17) is 4.74 Å². The van der Waals surface area contributed by atoms with Crippen molar-refractivity contribution in [3.63, 3.8) is 0 Å². The lowest BCUT2D eigenvalue weighted by Crippen LogP contribution is -2.45. The third-order valence-electron chi connectivity index (χ3n) is 5.30. The highest BCUT2D eigenvalue weighted by Gasteiger charge is 2.40. The molecule has 130 valence electrons. The molecule has 0 N–H and O–H groups in total. The number of fused-ring (bicyclic) bond motifs is 1. The zero-order valence-electron chi connectivity index (χ0n) is 15.0. The van der Waals surface area contributed by atoms with Gasteiger partial charge in [0, 0.05) is 24.2 Å². The number of esters is 1. The monoisotopic (exact) mass is 337 g/mol. The largest absolute Gasteiger partial charge is 0.469 e. The number of carbonyl (C=O) groups excluding carboxylic acids is 1. The maximum atomic E-state index is 12.2. The molecule has 0 radical (unpaired) electrons. The molecular formula is C20H23N3O2. The van der Waals surface area contributed by atoms with Gasteiger partial charge >= 0.3 is 5.97 Å². The Morgan fingerprint density at radius 3 is 2.88 bits per heavy atom. The van der Waals surface area contributed by atoms with Crippen molar-refractivity contribution in [1.29, 1.82) is 5.26 Å². The highest BCUT2D eigenvalue weighted by Crippen LogP contribution is 2.38. The molecule has 25 heavy (non-hydrogen) atoms. The Balaban J connectivity index is 1.98. The topological polar surface area (TPSA) is 66.2 Å². The van der Waals surface area contributed by atoms with Gasteiger partial charge in [0.25, 0.3) is 0 Å². The SMILES string of the molecule is COC(=O)C(C)(C)C1CCCN(c2cc(C#N)nc3ccccc23)C1. The van der Waals surface area contributed by atoms with Crippen LogP contribution in [0, 0.1) is 22.7 Å². The number of ether oxygens (including phenoxy) is 1. The van der Waals surface area contributed by atoms with Crippen molar-refractivity contribution in [3.05, 3.63) is 36.0 Å². The zero-order valence-corrected chi connectivity index (χ0v) is 15.0. The van der Waals surface area contributed by atoms with E-state index in [1.165, 1.54) is 7.11 Å². The number of hydrogen-bond acceptors (Lipinski definition) is 5. The first-order valence-electron chi connectivity index (χ1n) is 8.60. The van der Waals surface area contributed by atoms with E-state index < -0.39 is 5.41 Å². The fraction of sp³-hybridized carbons (Fsp3) is 0.450. The number of methoxy groups -OCH3 is 1. The summed E-state index contributed by atoms with van der Waals surface area (Å²) in [6, 6.07) is 11.9. The minimum atomic E-state index is -0.533. The number of benzene rings is 1.